The molecule has 0 bridgehead atoms. The van der Waals surface area contributed by atoms with E-state index in [9.17, 15) is 14.9 Å². The maximum absolute atomic E-state index is 11.6. The summed E-state index contributed by atoms with van der Waals surface area (Å²) < 4.78 is 5.64. The van der Waals surface area contributed by atoms with E-state index in [2.05, 4.69) is 9.97 Å². The van der Waals surface area contributed by atoms with Gasteiger partial charge in [-0.1, -0.05) is 17.7 Å². The van der Waals surface area contributed by atoms with E-state index >= 15 is 0 Å². The third-order valence-corrected chi connectivity index (χ3v) is 4.46. The summed E-state index contributed by atoms with van der Waals surface area (Å²) in [6.45, 7) is 0. The standard InChI is InChI=1S/C20H13ClN4O4/c21-13-2-1-3-14(10-13)29-18-7-5-12(9-17(18)25(27)28)20-23-15-6-4-11(19(22)26)8-16(15)24-20/h1-10H,(H2,22,26)(H,23,24). The molecule has 0 saturated heterocycles. The first-order valence-corrected chi connectivity index (χ1v) is 8.80. The van der Waals surface area contributed by atoms with Gasteiger partial charge in [0.25, 0.3) is 0 Å². The molecule has 0 spiro atoms. The number of amides is 1. The summed E-state index contributed by atoms with van der Waals surface area (Å²) >= 11 is 5.93. The van der Waals surface area contributed by atoms with Gasteiger partial charge in [-0.25, -0.2) is 4.98 Å². The van der Waals surface area contributed by atoms with Crippen LogP contribution in [0, 0.1) is 10.1 Å². The van der Waals surface area contributed by atoms with E-state index in [-0.39, 0.29) is 11.4 Å². The van der Waals surface area contributed by atoms with Crippen LogP contribution in [-0.4, -0.2) is 20.8 Å². The van der Waals surface area contributed by atoms with E-state index in [0.29, 0.717) is 38.8 Å². The summed E-state index contributed by atoms with van der Waals surface area (Å²) in [5.74, 6) is 0.317. The Kier molecular flexibility index (Phi) is 4.61. The molecule has 9 heteroatoms. The predicted molar refractivity (Wildman–Crippen MR) is 108 cm³/mol. The molecule has 0 unspecified atom stereocenters. The summed E-state index contributed by atoms with van der Waals surface area (Å²) in [5, 5.41) is 12.0. The number of nitrogens with one attached hydrogen (secondary N) is 1. The zero-order valence-corrected chi connectivity index (χ0v) is 15.5. The van der Waals surface area contributed by atoms with Gasteiger partial charge >= 0.3 is 5.69 Å². The Morgan fingerprint density at radius 1 is 1.14 bits per heavy atom. The topological polar surface area (TPSA) is 124 Å². The normalized spacial score (nSPS) is 10.8. The largest absolute Gasteiger partial charge is 0.450 e. The molecule has 29 heavy (non-hydrogen) atoms. The molecule has 0 fully saturated rings. The number of nitrogens with two attached hydrogens (primary N) is 1. The highest BCUT2D eigenvalue weighted by molar-refractivity contribution is 6.30. The molecule has 8 nitrogen and oxygen atoms in total. The van der Waals surface area contributed by atoms with Crippen molar-refractivity contribution in [2.75, 3.05) is 0 Å². The third kappa shape index (κ3) is 3.74. The molecule has 4 aromatic rings. The number of H-pyrrole nitrogens is 1. The average molecular weight is 409 g/mol. The van der Waals surface area contributed by atoms with Gasteiger partial charge in [-0.2, -0.15) is 0 Å². The maximum Gasteiger partial charge on any atom is 0.312 e. The Labute approximate surface area is 169 Å². The third-order valence-electron chi connectivity index (χ3n) is 4.22. The Hall–Kier alpha value is -3.91. The number of aromatic nitrogens is 2. The van der Waals surface area contributed by atoms with Crippen molar-refractivity contribution in [2.24, 2.45) is 5.73 Å². The fourth-order valence-corrected chi connectivity index (χ4v) is 3.03. The number of carbonyl (C=O) groups excluding carboxylic acids is 1. The number of ether oxygens (including phenoxy) is 1. The summed E-state index contributed by atoms with van der Waals surface area (Å²) in [5.41, 5.74) is 7.09. The highest BCUT2D eigenvalue weighted by Crippen LogP contribution is 2.35. The first kappa shape index (κ1) is 18.5. The van der Waals surface area contributed by atoms with Crippen LogP contribution in [0.25, 0.3) is 22.4 Å². The highest BCUT2D eigenvalue weighted by Gasteiger charge is 2.19. The number of nitro groups is 1. The van der Waals surface area contributed by atoms with Gasteiger partial charge < -0.3 is 15.5 Å². The number of hydrogen-bond donors (Lipinski definition) is 2. The van der Waals surface area contributed by atoms with Crippen molar-refractivity contribution in [3.8, 4) is 22.9 Å². The quantitative estimate of drug-likeness (QED) is 0.366. The molecule has 0 aliphatic heterocycles. The molecule has 1 amide bonds. The molecule has 1 aromatic heterocycles. The van der Waals surface area contributed by atoms with Crippen LogP contribution in [0.4, 0.5) is 5.69 Å². The van der Waals surface area contributed by atoms with Crippen LogP contribution >= 0.6 is 11.6 Å². The number of nitrogens with zero attached hydrogens (tertiary/aromatic N) is 2. The molecule has 0 aliphatic carbocycles. The highest BCUT2D eigenvalue weighted by atomic mass is 35.5. The number of rotatable bonds is 5. The lowest BCUT2D eigenvalue weighted by molar-refractivity contribution is -0.385. The van der Waals surface area contributed by atoms with Gasteiger partial charge in [0, 0.05) is 22.2 Å². The Morgan fingerprint density at radius 2 is 1.97 bits per heavy atom. The maximum atomic E-state index is 11.6. The summed E-state index contributed by atoms with van der Waals surface area (Å²) in [6.07, 6.45) is 0. The monoisotopic (exact) mass is 408 g/mol. The first-order chi connectivity index (χ1) is 13.9. The first-order valence-electron chi connectivity index (χ1n) is 8.42. The van der Waals surface area contributed by atoms with Crippen LogP contribution in [0.5, 0.6) is 11.5 Å². The molecular formula is C20H13ClN4O4. The lowest BCUT2D eigenvalue weighted by atomic mass is 10.2. The van der Waals surface area contributed by atoms with Crippen LogP contribution in [0.3, 0.4) is 0 Å². The van der Waals surface area contributed by atoms with Crippen LogP contribution in [-0.2, 0) is 0 Å². The van der Waals surface area contributed by atoms with Crippen molar-refractivity contribution in [3.05, 3.63) is 81.4 Å². The van der Waals surface area contributed by atoms with Crippen LogP contribution in [0.1, 0.15) is 10.4 Å². The van der Waals surface area contributed by atoms with E-state index < -0.39 is 10.8 Å². The van der Waals surface area contributed by atoms with Crippen molar-refractivity contribution >= 4 is 34.2 Å². The number of hydrogen-bond acceptors (Lipinski definition) is 5. The molecular weight excluding hydrogens is 396 g/mol. The number of halogens is 1. The second-order valence-electron chi connectivity index (χ2n) is 6.18. The lowest BCUT2D eigenvalue weighted by Gasteiger charge is -2.07. The summed E-state index contributed by atoms with van der Waals surface area (Å²) in [6, 6.07) is 15.9. The van der Waals surface area contributed by atoms with E-state index in [1.54, 1.807) is 48.5 Å². The van der Waals surface area contributed by atoms with Crippen molar-refractivity contribution < 1.29 is 14.5 Å². The fourth-order valence-electron chi connectivity index (χ4n) is 2.85. The minimum Gasteiger partial charge on any atom is -0.450 e. The van der Waals surface area contributed by atoms with Gasteiger partial charge in [-0.3, -0.25) is 14.9 Å². The van der Waals surface area contributed by atoms with Gasteiger partial charge in [0.2, 0.25) is 11.7 Å². The number of nitro benzene ring substituents is 1. The van der Waals surface area contributed by atoms with Crippen molar-refractivity contribution in [3.63, 3.8) is 0 Å². The van der Waals surface area contributed by atoms with E-state index in [1.165, 1.54) is 12.1 Å². The molecule has 1 heterocycles. The summed E-state index contributed by atoms with van der Waals surface area (Å²) in [4.78, 5) is 29.9. The van der Waals surface area contributed by atoms with Crippen LogP contribution in [0.15, 0.2) is 60.7 Å². The number of imidazole rings is 1. The van der Waals surface area contributed by atoms with Crippen molar-refractivity contribution in [1.82, 2.24) is 9.97 Å². The zero-order valence-electron chi connectivity index (χ0n) is 14.8. The Balaban J connectivity index is 1.73. The Morgan fingerprint density at radius 3 is 2.69 bits per heavy atom. The van der Waals surface area contributed by atoms with E-state index in [4.69, 9.17) is 22.1 Å². The van der Waals surface area contributed by atoms with Gasteiger partial charge in [-0.05, 0) is 48.5 Å². The SMILES string of the molecule is NC(=O)c1ccc2[nH]c(-c3ccc(Oc4cccc(Cl)c4)c([N+](=O)[O-])c3)nc2c1. The molecule has 3 N–H and O–H groups in total. The number of fused-ring (bicyclic) bond motifs is 1. The van der Waals surface area contributed by atoms with Gasteiger partial charge in [0.1, 0.15) is 11.6 Å². The zero-order chi connectivity index (χ0) is 20.5. The average Bonchev–Trinajstić information content (AvgIpc) is 3.11. The number of benzene rings is 3. The van der Waals surface area contributed by atoms with E-state index in [1.807, 2.05) is 0 Å². The summed E-state index contributed by atoms with van der Waals surface area (Å²) in [7, 11) is 0. The molecule has 0 radical (unpaired) electrons. The van der Waals surface area contributed by atoms with Crippen LogP contribution in [0.2, 0.25) is 5.02 Å². The number of carbonyl (C=O) groups is 1. The second kappa shape index (κ2) is 7.25. The second-order valence-corrected chi connectivity index (χ2v) is 6.62. The molecule has 0 saturated carbocycles. The van der Waals surface area contributed by atoms with Gasteiger partial charge in [-0.15, -0.1) is 0 Å². The molecule has 144 valence electrons. The van der Waals surface area contributed by atoms with Gasteiger partial charge in [0.15, 0.2) is 0 Å². The van der Waals surface area contributed by atoms with Crippen molar-refractivity contribution in [1.29, 1.82) is 0 Å². The van der Waals surface area contributed by atoms with Crippen molar-refractivity contribution in [2.45, 2.75) is 0 Å². The number of aromatic amines is 1. The molecule has 0 aliphatic rings. The minimum absolute atomic E-state index is 0.0770. The smallest absolute Gasteiger partial charge is 0.312 e. The predicted octanol–water partition coefficient (Wildman–Crippen LogP) is 4.68. The molecule has 4 rings (SSSR count). The van der Waals surface area contributed by atoms with Gasteiger partial charge in [0.05, 0.1) is 16.0 Å². The lowest BCUT2D eigenvalue weighted by Crippen LogP contribution is -2.10. The number of primary amides is 1. The Bertz CT molecular complexity index is 1270. The minimum atomic E-state index is -0.561. The van der Waals surface area contributed by atoms with Crippen LogP contribution < -0.4 is 10.5 Å². The van der Waals surface area contributed by atoms with E-state index in [0.717, 1.165) is 0 Å². The molecule has 3 aromatic carbocycles. The fraction of sp³-hybridized carbons (Fsp3) is 0. The molecule has 0 atom stereocenters.